The van der Waals surface area contributed by atoms with Gasteiger partial charge in [-0.25, -0.2) is 22.4 Å². The monoisotopic (exact) mass is 626 g/mol. The number of amides is 2. The van der Waals surface area contributed by atoms with E-state index in [2.05, 4.69) is 15.4 Å². The fourth-order valence-electron chi connectivity index (χ4n) is 4.72. The average Bonchev–Trinajstić information content (AvgIpc) is 2.86. The molecular formula is C28H21F11N2O2. The Morgan fingerprint density at radius 3 is 2.14 bits per heavy atom. The van der Waals surface area contributed by atoms with Crippen molar-refractivity contribution in [2.45, 2.75) is 55.5 Å². The summed E-state index contributed by atoms with van der Waals surface area (Å²) in [5.74, 6) is -7.36. The number of urea groups is 1. The van der Waals surface area contributed by atoms with Gasteiger partial charge >= 0.3 is 24.7 Å². The van der Waals surface area contributed by atoms with Gasteiger partial charge < -0.3 is 15.4 Å². The van der Waals surface area contributed by atoms with Gasteiger partial charge in [-0.1, -0.05) is 36.4 Å². The fourth-order valence-corrected chi connectivity index (χ4v) is 4.72. The Balaban J connectivity index is 1.93. The van der Waals surface area contributed by atoms with Crippen molar-refractivity contribution in [2.24, 2.45) is 0 Å². The molecule has 2 amide bonds. The largest absolute Gasteiger partial charge is 0.461 e. The highest BCUT2D eigenvalue weighted by Crippen LogP contribution is 2.41. The number of hydrogen-bond donors (Lipinski definition) is 2. The van der Waals surface area contributed by atoms with Crippen LogP contribution in [0.2, 0.25) is 0 Å². The third kappa shape index (κ3) is 7.31. The van der Waals surface area contributed by atoms with Crippen molar-refractivity contribution in [3.05, 3.63) is 101 Å². The number of rotatable bonds is 9. The van der Waals surface area contributed by atoms with E-state index in [-0.39, 0.29) is 5.56 Å². The molecule has 4 rings (SSSR count). The van der Waals surface area contributed by atoms with Crippen molar-refractivity contribution < 1.29 is 57.8 Å². The number of halogens is 11. The Hall–Kier alpha value is -4.04. The Labute approximate surface area is 236 Å². The van der Waals surface area contributed by atoms with Crippen LogP contribution in [0, 0.1) is 11.6 Å². The van der Waals surface area contributed by atoms with Gasteiger partial charge in [0.15, 0.2) is 0 Å². The second-order valence-electron chi connectivity index (χ2n) is 9.96. The van der Waals surface area contributed by atoms with Crippen LogP contribution in [-0.2, 0) is 18.1 Å². The molecule has 3 aromatic rings. The van der Waals surface area contributed by atoms with E-state index in [4.69, 9.17) is 0 Å². The quantitative estimate of drug-likeness (QED) is 0.238. The molecule has 0 saturated heterocycles. The van der Waals surface area contributed by atoms with Crippen LogP contribution < -0.4 is 15.4 Å². The van der Waals surface area contributed by atoms with E-state index in [0.29, 0.717) is 30.3 Å². The minimum absolute atomic E-state index is 0.264. The molecule has 232 valence electrons. The van der Waals surface area contributed by atoms with Gasteiger partial charge in [0.2, 0.25) is 0 Å². The first kappa shape index (κ1) is 31.9. The lowest BCUT2D eigenvalue weighted by Gasteiger charge is -2.39. The van der Waals surface area contributed by atoms with Gasteiger partial charge in [0.1, 0.15) is 17.4 Å². The first-order valence-corrected chi connectivity index (χ1v) is 12.4. The molecule has 2 N–H and O–H groups in total. The Kier molecular flexibility index (Phi) is 8.58. The standard InChI is InChI=1S/C28H21F11N2O2/c29-18-8-17(9-20(11-18)43-28(38,39)23(31)32)26(12-15-4-2-1-3-5-15,41-24(42)40-19-13-25(33,34)14-19)16-6-7-22(30)21(10-16)27(35,36)37/h1-11,19,23H,12-14H2,(H2,40,41,42). The van der Waals surface area contributed by atoms with Crippen molar-refractivity contribution in [1.29, 1.82) is 0 Å². The summed E-state index contributed by atoms with van der Waals surface area (Å²) in [5.41, 5.74) is -5.03. The molecular weight excluding hydrogens is 605 g/mol. The zero-order valence-electron chi connectivity index (χ0n) is 21.6. The maximum absolute atomic E-state index is 14.9. The van der Waals surface area contributed by atoms with Gasteiger partial charge in [-0.05, 0) is 41.0 Å². The Morgan fingerprint density at radius 1 is 0.907 bits per heavy atom. The number of carbonyl (C=O) groups is 1. The van der Waals surface area contributed by atoms with Gasteiger partial charge in [-0.3, -0.25) is 0 Å². The Morgan fingerprint density at radius 2 is 1.56 bits per heavy atom. The van der Waals surface area contributed by atoms with Crippen LogP contribution in [0.3, 0.4) is 0 Å². The van der Waals surface area contributed by atoms with Crippen molar-refractivity contribution in [1.82, 2.24) is 10.6 Å². The van der Waals surface area contributed by atoms with E-state index in [1.807, 2.05) is 0 Å². The maximum atomic E-state index is 14.9. The van der Waals surface area contributed by atoms with Crippen molar-refractivity contribution in [3.63, 3.8) is 0 Å². The normalized spacial score (nSPS) is 16.7. The molecule has 0 aromatic heterocycles. The van der Waals surface area contributed by atoms with E-state index < -0.39 is 95.6 Å². The second-order valence-corrected chi connectivity index (χ2v) is 9.96. The molecule has 4 nitrogen and oxygen atoms in total. The van der Waals surface area contributed by atoms with Crippen LogP contribution in [0.15, 0.2) is 66.7 Å². The zero-order chi connectivity index (χ0) is 31.8. The second kappa shape index (κ2) is 11.6. The summed E-state index contributed by atoms with van der Waals surface area (Å²) in [5, 5.41) is 4.55. The van der Waals surface area contributed by atoms with Crippen LogP contribution in [-0.4, -0.2) is 30.5 Å². The van der Waals surface area contributed by atoms with Gasteiger partial charge in [0, 0.05) is 31.4 Å². The van der Waals surface area contributed by atoms with Crippen LogP contribution >= 0.6 is 0 Å². The van der Waals surface area contributed by atoms with Gasteiger partial charge in [0.25, 0.3) is 5.92 Å². The molecule has 0 radical (unpaired) electrons. The SMILES string of the molecule is O=C(NC1CC(F)(F)C1)NC(Cc1ccccc1)(c1cc(F)cc(OC(F)(F)C(F)F)c1)c1ccc(F)c(C(F)(F)F)c1. The fraction of sp³-hybridized carbons (Fsp3) is 0.321. The maximum Gasteiger partial charge on any atom is 0.461 e. The van der Waals surface area contributed by atoms with Crippen LogP contribution in [0.4, 0.5) is 53.1 Å². The number of hydrogen-bond acceptors (Lipinski definition) is 2. The van der Waals surface area contributed by atoms with Crippen LogP contribution in [0.1, 0.15) is 35.1 Å². The van der Waals surface area contributed by atoms with E-state index in [1.165, 1.54) is 24.3 Å². The highest BCUT2D eigenvalue weighted by atomic mass is 19.4. The minimum atomic E-state index is -5.27. The summed E-state index contributed by atoms with van der Waals surface area (Å²) in [6.07, 6.45) is -16.8. The summed E-state index contributed by atoms with van der Waals surface area (Å²) < 4.78 is 154. The molecule has 3 aromatic carbocycles. The van der Waals surface area contributed by atoms with Crippen molar-refractivity contribution in [2.75, 3.05) is 0 Å². The van der Waals surface area contributed by atoms with E-state index >= 15 is 0 Å². The van der Waals surface area contributed by atoms with E-state index in [1.54, 1.807) is 6.07 Å². The first-order valence-electron chi connectivity index (χ1n) is 12.4. The molecule has 0 heterocycles. The first-order chi connectivity index (χ1) is 19.9. The van der Waals surface area contributed by atoms with Gasteiger partial charge in [-0.2, -0.15) is 30.7 Å². The molecule has 1 aliphatic carbocycles. The number of benzene rings is 3. The minimum Gasteiger partial charge on any atom is -0.428 e. The predicted molar refractivity (Wildman–Crippen MR) is 130 cm³/mol. The summed E-state index contributed by atoms with van der Waals surface area (Å²) >= 11 is 0. The molecule has 0 aliphatic heterocycles. The Bertz CT molecular complexity index is 1460. The molecule has 1 fully saturated rings. The highest BCUT2D eigenvalue weighted by molar-refractivity contribution is 5.77. The number of carbonyl (C=O) groups excluding carboxylic acids is 1. The number of nitrogens with one attached hydrogen (secondary N) is 2. The van der Waals surface area contributed by atoms with Crippen LogP contribution in [0.5, 0.6) is 5.75 Å². The molecule has 43 heavy (non-hydrogen) atoms. The lowest BCUT2D eigenvalue weighted by Crippen LogP contribution is -2.58. The molecule has 1 atom stereocenters. The summed E-state index contributed by atoms with van der Waals surface area (Å²) in [7, 11) is 0. The van der Waals surface area contributed by atoms with E-state index in [9.17, 15) is 53.1 Å². The van der Waals surface area contributed by atoms with Crippen molar-refractivity contribution in [3.8, 4) is 5.75 Å². The topological polar surface area (TPSA) is 50.4 Å². The lowest BCUT2D eigenvalue weighted by molar-refractivity contribution is -0.253. The molecule has 1 unspecified atom stereocenters. The third-order valence-electron chi connectivity index (χ3n) is 6.70. The summed E-state index contributed by atoms with van der Waals surface area (Å²) in [4.78, 5) is 13.1. The molecule has 0 bridgehead atoms. The third-order valence-corrected chi connectivity index (χ3v) is 6.70. The zero-order valence-corrected chi connectivity index (χ0v) is 21.6. The lowest BCUT2D eigenvalue weighted by atomic mass is 9.77. The molecule has 15 heteroatoms. The molecule has 0 spiro atoms. The number of alkyl halides is 9. The average molecular weight is 626 g/mol. The number of ether oxygens (including phenoxy) is 1. The van der Waals surface area contributed by atoms with Crippen molar-refractivity contribution >= 4 is 6.03 Å². The van der Waals surface area contributed by atoms with Gasteiger partial charge in [-0.15, -0.1) is 0 Å². The highest BCUT2D eigenvalue weighted by Gasteiger charge is 2.48. The molecule has 1 aliphatic rings. The molecule has 1 saturated carbocycles. The van der Waals surface area contributed by atoms with Gasteiger partial charge in [0.05, 0.1) is 11.1 Å². The van der Waals surface area contributed by atoms with E-state index in [0.717, 1.165) is 6.07 Å². The summed E-state index contributed by atoms with van der Waals surface area (Å²) in [6, 6.07) is 8.15. The predicted octanol–water partition coefficient (Wildman–Crippen LogP) is 7.80. The smallest absolute Gasteiger partial charge is 0.428 e. The summed E-state index contributed by atoms with van der Waals surface area (Å²) in [6.45, 7) is 0. The van der Waals surface area contributed by atoms with Crippen LogP contribution in [0.25, 0.3) is 0 Å².